The summed E-state index contributed by atoms with van der Waals surface area (Å²) in [6.07, 6.45) is 2.20. The number of β-amino-alcohol motifs (C(OH)–C–C–N with tert-alkyl or cyclic N) is 1. The number of hydrogen-bond donors (Lipinski definition) is 6. The standard InChI is InChI=1S/C60H78N8O10S/c1-34-52(79-33-63-34)42-18-16-37(17-19-42)30-62-54(72)47-29-44(69)31-67(47)57(75)53(59(3,4)5)66-50(71)27-40-25-39(26-40)24-36-12-14-38(15-13-36)32-77-35(2)45(22-23-49(61)70)64-55(73)48-28-43-11-9-10-41-20-21-46(56(74)68(48)51(41)43)65-58(76)78-60(6,7)8/h9-19,33,35,39-40,44-48,53,69H,20-32H2,1-8H3,(H2,61,70)(H,62,72)(H,64,73)(H,65,76)(H,66,71)/t35-,39?,40?,44-,45+,46+,47+,48+,53-/m1/s1. The zero-order valence-corrected chi connectivity index (χ0v) is 47.6. The molecule has 7 atom stereocenters. The Bertz CT molecular complexity index is 2870. The molecule has 7 N–H and O–H groups in total. The first-order valence-corrected chi connectivity index (χ1v) is 28.5. The predicted molar refractivity (Wildman–Crippen MR) is 300 cm³/mol. The highest BCUT2D eigenvalue weighted by molar-refractivity contribution is 7.13. The molecule has 8 rings (SSSR count). The summed E-state index contributed by atoms with van der Waals surface area (Å²) < 4.78 is 11.8. The highest BCUT2D eigenvalue weighted by Gasteiger charge is 2.47. The number of rotatable bonds is 20. The third-order valence-corrected chi connectivity index (χ3v) is 16.6. The Balaban J connectivity index is 0.795. The number of alkyl carbamates (subject to hydrolysis) is 1. The minimum absolute atomic E-state index is 0.000818. The van der Waals surface area contributed by atoms with Crippen molar-refractivity contribution in [2.75, 3.05) is 11.4 Å². The fourth-order valence-corrected chi connectivity index (χ4v) is 12.2. The molecular weight excluding hydrogens is 1020 g/mol. The topological polar surface area (TPSA) is 252 Å². The number of aliphatic hydroxyl groups excluding tert-OH is 1. The van der Waals surface area contributed by atoms with Crippen molar-refractivity contribution in [2.45, 2.75) is 181 Å². The molecule has 4 heterocycles. The van der Waals surface area contributed by atoms with E-state index in [-0.39, 0.29) is 69.5 Å². The predicted octanol–water partition coefficient (Wildman–Crippen LogP) is 6.34. The molecule has 1 saturated heterocycles. The zero-order chi connectivity index (χ0) is 56.9. The van der Waals surface area contributed by atoms with Crippen molar-refractivity contribution in [3.63, 3.8) is 0 Å². The molecular formula is C60H78N8O10S. The van der Waals surface area contributed by atoms with Gasteiger partial charge in [0.2, 0.25) is 35.4 Å². The number of likely N-dealkylation sites (tertiary alicyclic amines) is 1. The SMILES string of the molecule is Cc1ncsc1-c1ccc(CNC(=O)[C@@H]2C[C@@H](O)CN2C(=O)[C@@H](NC(=O)CC2CC(Cc3ccc(CO[C@H](C)[C@H](CCC(N)=O)NC(=O)[C@@H]4Cc5cccc6c5N4C(=O)[C@@H](NC(=O)OC(C)(C)C)CC6)cc3)C2)C(C)(C)C)cc1. The second-order valence-corrected chi connectivity index (χ2v) is 25.0. The number of primary amides is 1. The number of nitrogens with zero attached hydrogens (tertiary/aromatic N) is 3. The summed E-state index contributed by atoms with van der Waals surface area (Å²) in [6.45, 7) is 15.2. The number of aryl methyl sites for hydroxylation is 2. The van der Waals surface area contributed by atoms with Crippen molar-refractivity contribution in [3.8, 4) is 10.4 Å². The number of benzene rings is 3. The van der Waals surface area contributed by atoms with E-state index in [0.717, 1.165) is 63.2 Å². The van der Waals surface area contributed by atoms with E-state index in [0.29, 0.717) is 24.4 Å². The largest absolute Gasteiger partial charge is 0.444 e. The number of para-hydroxylation sites is 1. The third-order valence-electron chi connectivity index (χ3n) is 15.6. The molecule has 1 aliphatic carbocycles. The van der Waals surface area contributed by atoms with Crippen LogP contribution < -0.4 is 31.9 Å². The van der Waals surface area contributed by atoms with Crippen molar-refractivity contribution < 1.29 is 48.1 Å². The van der Waals surface area contributed by atoms with Gasteiger partial charge in [0.1, 0.15) is 29.8 Å². The highest BCUT2D eigenvalue weighted by atomic mass is 32.1. The molecule has 3 aromatic carbocycles. The summed E-state index contributed by atoms with van der Waals surface area (Å²) in [5.41, 5.74) is 13.4. The first kappa shape index (κ1) is 58.4. The molecule has 2 fully saturated rings. The van der Waals surface area contributed by atoms with Gasteiger partial charge < -0.3 is 46.5 Å². The van der Waals surface area contributed by atoms with E-state index in [9.17, 15) is 38.7 Å². The number of anilines is 1. The molecule has 19 heteroatoms. The van der Waals surface area contributed by atoms with Crippen molar-refractivity contribution >= 4 is 58.6 Å². The second kappa shape index (κ2) is 24.8. The van der Waals surface area contributed by atoms with Crippen LogP contribution in [0.5, 0.6) is 0 Å². The van der Waals surface area contributed by atoms with Crippen LogP contribution in [0, 0.1) is 24.2 Å². The van der Waals surface area contributed by atoms with Gasteiger partial charge in [-0.1, -0.05) is 87.5 Å². The number of ether oxygens (including phenoxy) is 2. The molecule has 0 bridgehead atoms. The first-order valence-electron chi connectivity index (χ1n) is 27.7. The van der Waals surface area contributed by atoms with Crippen LogP contribution in [0.3, 0.4) is 0 Å². The van der Waals surface area contributed by atoms with Crippen LogP contribution >= 0.6 is 11.3 Å². The lowest BCUT2D eigenvalue weighted by Gasteiger charge is -2.37. The van der Waals surface area contributed by atoms with E-state index in [1.165, 1.54) is 9.80 Å². The number of nitrogens with one attached hydrogen (secondary N) is 4. The van der Waals surface area contributed by atoms with E-state index in [1.807, 2.05) is 94.7 Å². The van der Waals surface area contributed by atoms with Crippen LogP contribution in [-0.2, 0) is 70.7 Å². The van der Waals surface area contributed by atoms with E-state index < -0.39 is 83.2 Å². The van der Waals surface area contributed by atoms with Gasteiger partial charge in [-0.25, -0.2) is 9.78 Å². The van der Waals surface area contributed by atoms with Gasteiger partial charge in [0, 0.05) is 38.8 Å². The third kappa shape index (κ3) is 14.8. The number of amides is 7. The van der Waals surface area contributed by atoms with E-state index >= 15 is 0 Å². The Morgan fingerprint density at radius 2 is 1.54 bits per heavy atom. The van der Waals surface area contributed by atoms with Crippen LogP contribution in [0.15, 0.2) is 72.2 Å². The van der Waals surface area contributed by atoms with Crippen molar-refractivity contribution in [2.24, 2.45) is 23.0 Å². The quantitative estimate of drug-likeness (QED) is 0.0570. The molecule has 0 unspecified atom stereocenters. The Morgan fingerprint density at radius 3 is 2.20 bits per heavy atom. The van der Waals surface area contributed by atoms with Gasteiger partial charge in [-0.3, -0.25) is 33.7 Å². The lowest BCUT2D eigenvalue weighted by Crippen LogP contribution is -2.58. The fourth-order valence-electron chi connectivity index (χ4n) is 11.3. The molecule has 424 valence electrons. The van der Waals surface area contributed by atoms with Crippen LogP contribution in [0.2, 0.25) is 0 Å². The number of carbonyl (C=O) groups is 7. The van der Waals surface area contributed by atoms with Gasteiger partial charge in [0.05, 0.1) is 46.6 Å². The molecule has 79 heavy (non-hydrogen) atoms. The summed E-state index contributed by atoms with van der Waals surface area (Å²) in [4.78, 5) is 103. The maximum atomic E-state index is 14.3. The summed E-state index contributed by atoms with van der Waals surface area (Å²) in [7, 11) is 0. The van der Waals surface area contributed by atoms with Crippen molar-refractivity contribution in [1.29, 1.82) is 0 Å². The number of aromatic nitrogens is 1. The monoisotopic (exact) mass is 1100 g/mol. The summed E-state index contributed by atoms with van der Waals surface area (Å²) in [6, 6.07) is 17.6. The molecule has 0 radical (unpaired) electrons. The first-order chi connectivity index (χ1) is 37.4. The second-order valence-electron chi connectivity index (χ2n) is 24.1. The zero-order valence-electron chi connectivity index (χ0n) is 46.8. The van der Waals surface area contributed by atoms with Crippen LogP contribution in [-0.4, -0.2) is 111 Å². The molecule has 1 saturated carbocycles. The van der Waals surface area contributed by atoms with Gasteiger partial charge in [0.25, 0.3) is 0 Å². The molecule has 18 nitrogen and oxygen atoms in total. The van der Waals surface area contributed by atoms with Gasteiger partial charge >= 0.3 is 6.09 Å². The maximum absolute atomic E-state index is 14.3. The van der Waals surface area contributed by atoms with Gasteiger partial charge in [0.15, 0.2) is 0 Å². The lowest BCUT2D eigenvalue weighted by molar-refractivity contribution is -0.144. The Labute approximate surface area is 467 Å². The minimum atomic E-state index is -0.906. The van der Waals surface area contributed by atoms with E-state index in [2.05, 4.69) is 38.4 Å². The van der Waals surface area contributed by atoms with Crippen LogP contribution in [0.4, 0.5) is 10.5 Å². The van der Waals surface area contributed by atoms with E-state index in [4.69, 9.17) is 15.2 Å². The fraction of sp³-hybridized carbons (Fsp3) is 0.533. The number of nitrogens with two attached hydrogens (primary N) is 1. The van der Waals surface area contributed by atoms with Gasteiger partial charge in [-0.05, 0) is 124 Å². The minimum Gasteiger partial charge on any atom is -0.444 e. The maximum Gasteiger partial charge on any atom is 0.408 e. The average molecular weight is 1100 g/mol. The molecule has 7 amide bonds. The summed E-state index contributed by atoms with van der Waals surface area (Å²) in [5.74, 6) is -1.74. The summed E-state index contributed by atoms with van der Waals surface area (Å²) in [5, 5.41) is 22.5. The van der Waals surface area contributed by atoms with Gasteiger partial charge in [-0.15, -0.1) is 11.3 Å². The van der Waals surface area contributed by atoms with Crippen molar-refractivity contribution in [1.82, 2.24) is 31.2 Å². The number of hydrogen-bond acceptors (Lipinski definition) is 12. The highest BCUT2D eigenvalue weighted by Crippen LogP contribution is 2.41. The Morgan fingerprint density at radius 1 is 0.861 bits per heavy atom. The summed E-state index contributed by atoms with van der Waals surface area (Å²) >= 11 is 1.57. The normalized spacial score (nSPS) is 21.9. The lowest BCUT2D eigenvalue weighted by atomic mass is 9.70. The smallest absolute Gasteiger partial charge is 0.408 e. The molecule has 0 spiro atoms. The average Bonchev–Trinajstić information content (AvgIpc) is 4.33. The number of thiazole rings is 1. The van der Waals surface area contributed by atoms with Crippen LogP contribution in [0.1, 0.15) is 127 Å². The number of carbonyl (C=O) groups excluding carboxylic acids is 7. The van der Waals surface area contributed by atoms with Crippen LogP contribution in [0.25, 0.3) is 10.4 Å². The van der Waals surface area contributed by atoms with Gasteiger partial charge in [-0.2, -0.15) is 0 Å². The molecule has 3 aliphatic heterocycles. The van der Waals surface area contributed by atoms with Crippen molar-refractivity contribution in [3.05, 3.63) is 106 Å². The molecule has 4 aliphatic rings. The Kier molecular flexibility index (Phi) is 18.3. The Hall–Kier alpha value is -6.70. The van der Waals surface area contributed by atoms with E-state index in [1.54, 1.807) is 32.1 Å². The molecule has 1 aromatic heterocycles. The number of aliphatic hydroxyl groups is 1. The molecule has 4 aromatic rings.